The first-order valence-corrected chi connectivity index (χ1v) is 9.96. The summed E-state index contributed by atoms with van der Waals surface area (Å²) in [5.74, 6) is 1.49. The van der Waals surface area contributed by atoms with E-state index in [1.54, 1.807) is 12.1 Å². The lowest BCUT2D eigenvalue weighted by molar-refractivity contribution is 0.101. The van der Waals surface area contributed by atoms with Crippen molar-refractivity contribution >= 4 is 17.5 Å². The normalized spacial score (nSPS) is 13.9. The number of ketones is 1. The Balaban J connectivity index is 1.55. The molecule has 4 heteroatoms. The van der Waals surface area contributed by atoms with Crippen LogP contribution in [0.4, 0.5) is 5.69 Å². The Hall–Kier alpha value is -3.53. The highest BCUT2D eigenvalue weighted by Crippen LogP contribution is 2.37. The number of aryl methyl sites for hydroxylation is 2. The lowest BCUT2D eigenvalue weighted by Gasteiger charge is -2.11. The third-order valence-electron chi connectivity index (χ3n) is 5.31. The zero-order valence-electron chi connectivity index (χ0n) is 17.7. The maximum Gasteiger partial charge on any atom is 0.232 e. The van der Waals surface area contributed by atoms with E-state index in [0.717, 1.165) is 22.4 Å². The molecule has 152 valence electrons. The quantitative estimate of drug-likeness (QED) is 0.526. The van der Waals surface area contributed by atoms with Crippen LogP contribution in [0, 0.1) is 13.8 Å². The molecule has 0 spiro atoms. The number of hydrogen-bond donors (Lipinski definition) is 0. The molecule has 3 aromatic carbocycles. The van der Waals surface area contributed by atoms with E-state index in [1.165, 1.54) is 5.56 Å². The molecule has 0 fully saturated rings. The van der Waals surface area contributed by atoms with Gasteiger partial charge < -0.3 is 14.4 Å². The molecule has 1 aliphatic heterocycles. The van der Waals surface area contributed by atoms with Crippen molar-refractivity contribution in [3.05, 3.63) is 94.2 Å². The molecule has 0 unspecified atom stereocenters. The predicted octanol–water partition coefficient (Wildman–Crippen LogP) is 5.56. The molecule has 0 atom stereocenters. The fourth-order valence-corrected chi connectivity index (χ4v) is 3.51. The van der Waals surface area contributed by atoms with Gasteiger partial charge in [-0.05, 0) is 60.4 Å². The minimum atomic E-state index is -0.0929. The molecule has 0 saturated carbocycles. The highest BCUT2D eigenvalue weighted by molar-refractivity contribution is 6.15. The molecule has 1 aliphatic rings. The molecular weight excluding hydrogens is 374 g/mol. The van der Waals surface area contributed by atoms with Gasteiger partial charge in [0.25, 0.3) is 0 Å². The van der Waals surface area contributed by atoms with Crippen LogP contribution in [0.2, 0.25) is 0 Å². The first-order valence-electron chi connectivity index (χ1n) is 9.96. The van der Waals surface area contributed by atoms with Crippen LogP contribution in [-0.2, 0) is 6.61 Å². The molecule has 30 heavy (non-hydrogen) atoms. The van der Waals surface area contributed by atoms with Gasteiger partial charge in [-0.3, -0.25) is 4.79 Å². The average molecular weight is 399 g/mol. The van der Waals surface area contributed by atoms with Crippen molar-refractivity contribution in [3.63, 3.8) is 0 Å². The van der Waals surface area contributed by atoms with E-state index in [-0.39, 0.29) is 5.78 Å². The topological polar surface area (TPSA) is 38.8 Å². The van der Waals surface area contributed by atoms with Crippen molar-refractivity contribution in [1.82, 2.24) is 0 Å². The second-order valence-electron chi connectivity index (χ2n) is 7.75. The van der Waals surface area contributed by atoms with E-state index < -0.39 is 0 Å². The number of hydrogen-bond acceptors (Lipinski definition) is 4. The van der Waals surface area contributed by atoms with Crippen LogP contribution in [0.15, 0.2) is 66.4 Å². The molecule has 0 amide bonds. The molecule has 3 aromatic rings. The summed E-state index contributed by atoms with van der Waals surface area (Å²) in [4.78, 5) is 14.9. The first kappa shape index (κ1) is 19.8. The highest BCUT2D eigenvalue weighted by Gasteiger charge is 2.30. The zero-order chi connectivity index (χ0) is 21.3. The van der Waals surface area contributed by atoms with Gasteiger partial charge in [-0.25, -0.2) is 0 Å². The van der Waals surface area contributed by atoms with Crippen LogP contribution in [0.25, 0.3) is 6.08 Å². The van der Waals surface area contributed by atoms with Crippen LogP contribution in [0.5, 0.6) is 11.5 Å². The Morgan fingerprint density at radius 2 is 1.70 bits per heavy atom. The van der Waals surface area contributed by atoms with Gasteiger partial charge in [0.2, 0.25) is 5.78 Å². The molecular formula is C26H25NO3. The van der Waals surface area contributed by atoms with E-state index >= 15 is 0 Å². The Morgan fingerprint density at radius 1 is 0.967 bits per heavy atom. The lowest BCUT2D eigenvalue weighted by Crippen LogP contribution is -2.08. The third-order valence-corrected chi connectivity index (χ3v) is 5.31. The second-order valence-corrected chi connectivity index (χ2v) is 7.75. The number of rotatable bonds is 5. The lowest BCUT2D eigenvalue weighted by atomic mass is 10.0. The van der Waals surface area contributed by atoms with Crippen molar-refractivity contribution in [2.45, 2.75) is 20.5 Å². The van der Waals surface area contributed by atoms with Gasteiger partial charge in [0.1, 0.15) is 18.1 Å². The van der Waals surface area contributed by atoms with Crippen molar-refractivity contribution in [1.29, 1.82) is 0 Å². The monoisotopic (exact) mass is 399 g/mol. The van der Waals surface area contributed by atoms with E-state index in [1.807, 2.05) is 68.4 Å². The van der Waals surface area contributed by atoms with Gasteiger partial charge in [0.15, 0.2) is 5.76 Å². The standard InChI is InChI=1S/C26H25NO3/c1-17-7-5-6-8-20(17)16-29-22-13-18(2)25-23(15-22)30-24(26(25)28)14-19-9-11-21(12-10-19)27(3)4/h5-15H,16H2,1-4H3/b24-14-. The van der Waals surface area contributed by atoms with Gasteiger partial charge >= 0.3 is 0 Å². The van der Waals surface area contributed by atoms with Crippen LogP contribution < -0.4 is 14.4 Å². The summed E-state index contributed by atoms with van der Waals surface area (Å²) in [6.07, 6.45) is 1.79. The van der Waals surface area contributed by atoms with Gasteiger partial charge in [0.05, 0.1) is 5.56 Å². The molecule has 4 nitrogen and oxygen atoms in total. The number of nitrogens with zero attached hydrogens (tertiary/aromatic N) is 1. The molecule has 0 saturated heterocycles. The summed E-state index contributed by atoms with van der Waals surface area (Å²) in [5.41, 5.74) is 5.80. The number of allylic oxidation sites excluding steroid dienone is 1. The number of carbonyl (C=O) groups is 1. The molecule has 0 aromatic heterocycles. The summed E-state index contributed by atoms with van der Waals surface area (Å²) in [6, 6.07) is 19.8. The van der Waals surface area contributed by atoms with Gasteiger partial charge in [-0.1, -0.05) is 36.4 Å². The van der Waals surface area contributed by atoms with Gasteiger partial charge in [0, 0.05) is 25.8 Å². The Bertz CT molecular complexity index is 1130. The summed E-state index contributed by atoms with van der Waals surface area (Å²) in [5, 5.41) is 0. The van der Waals surface area contributed by atoms with Gasteiger partial charge in [-0.2, -0.15) is 0 Å². The zero-order valence-corrected chi connectivity index (χ0v) is 17.7. The number of ether oxygens (including phenoxy) is 2. The molecule has 4 rings (SSSR count). The minimum Gasteiger partial charge on any atom is -0.489 e. The second kappa shape index (κ2) is 8.07. The molecule has 0 radical (unpaired) electrons. The van der Waals surface area contributed by atoms with Crippen LogP contribution >= 0.6 is 0 Å². The minimum absolute atomic E-state index is 0.0929. The maximum absolute atomic E-state index is 12.9. The van der Waals surface area contributed by atoms with E-state index in [4.69, 9.17) is 9.47 Å². The van der Waals surface area contributed by atoms with Crippen molar-refractivity contribution < 1.29 is 14.3 Å². The maximum atomic E-state index is 12.9. The summed E-state index contributed by atoms with van der Waals surface area (Å²) < 4.78 is 11.9. The Kier molecular flexibility index (Phi) is 5.32. The van der Waals surface area contributed by atoms with Crippen molar-refractivity contribution in [2.75, 3.05) is 19.0 Å². The number of anilines is 1. The third kappa shape index (κ3) is 3.94. The van der Waals surface area contributed by atoms with Crippen LogP contribution in [0.3, 0.4) is 0 Å². The average Bonchev–Trinajstić information content (AvgIpc) is 3.03. The molecule has 0 bridgehead atoms. The van der Waals surface area contributed by atoms with E-state index in [0.29, 0.717) is 29.4 Å². The number of benzene rings is 3. The van der Waals surface area contributed by atoms with Crippen LogP contribution in [-0.4, -0.2) is 19.9 Å². The first-order chi connectivity index (χ1) is 14.4. The number of carbonyl (C=O) groups excluding carboxylic acids is 1. The Morgan fingerprint density at radius 3 is 2.40 bits per heavy atom. The van der Waals surface area contributed by atoms with Crippen LogP contribution in [0.1, 0.15) is 32.6 Å². The number of fused-ring (bicyclic) bond motifs is 1. The SMILES string of the molecule is Cc1ccccc1COc1cc(C)c2c(c1)O/C(=C\c1ccc(N(C)C)cc1)C2=O. The van der Waals surface area contributed by atoms with E-state index in [9.17, 15) is 4.79 Å². The fraction of sp³-hybridized carbons (Fsp3) is 0.192. The smallest absolute Gasteiger partial charge is 0.232 e. The molecule has 1 heterocycles. The Labute approximate surface area is 177 Å². The highest BCUT2D eigenvalue weighted by atomic mass is 16.5. The summed E-state index contributed by atoms with van der Waals surface area (Å²) in [6.45, 7) is 4.45. The van der Waals surface area contributed by atoms with E-state index in [2.05, 4.69) is 19.1 Å². The van der Waals surface area contributed by atoms with Crippen molar-refractivity contribution in [2.24, 2.45) is 0 Å². The van der Waals surface area contributed by atoms with Gasteiger partial charge in [-0.15, -0.1) is 0 Å². The number of Topliss-reactive ketones (excluding diaryl/α,β-unsaturated/α-hetero) is 1. The molecule has 0 aliphatic carbocycles. The summed E-state index contributed by atoms with van der Waals surface area (Å²) in [7, 11) is 3.99. The fourth-order valence-electron chi connectivity index (χ4n) is 3.51. The van der Waals surface area contributed by atoms with Crippen molar-refractivity contribution in [3.8, 4) is 11.5 Å². The predicted molar refractivity (Wildman–Crippen MR) is 120 cm³/mol. The summed E-state index contributed by atoms with van der Waals surface area (Å²) >= 11 is 0. The largest absolute Gasteiger partial charge is 0.489 e. The molecule has 0 N–H and O–H groups in total.